The summed E-state index contributed by atoms with van der Waals surface area (Å²) >= 11 is 0. The van der Waals surface area contributed by atoms with E-state index in [2.05, 4.69) is 25.7 Å². The molecule has 1 saturated heterocycles. The lowest BCUT2D eigenvalue weighted by Gasteiger charge is -2.31. The molecular formula is C27H31ClN6O5S. The Bertz CT molecular complexity index is 1600. The Labute approximate surface area is 238 Å². The monoisotopic (exact) mass is 586 g/mol. The summed E-state index contributed by atoms with van der Waals surface area (Å²) < 4.78 is 32.9. The second-order valence-corrected chi connectivity index (χ2v) is 11.3. The molecule has 11 nitrogen and oxygen atoms in total. The van der Waals surface area contributed by atoms with Crippen LogP contribution in [0.25, 0.3) is 22.2 Å². The van der Waals surface area contributed by atoms with Crippen molar-refractivity contribution >= 4 is 39.2 Å². The molecular weight excluding hydrogens is 556 g/mol. The second kappa shape index (κ2) is 12.2. The maximum absolute atomic E-state index is 13.1. The highest BCUT2D eigenvalue weighted by Crippen LogP contribution is 2.36. The number of carbonyl (C=O) groups is 1. The van der Waals surface area contributed by atoms with E-state index >= 15 is 0 Å². The molecule has 0 radical (unpaired) electrons. The van der Waals surface area contributed by atoms with Crippen LogP contribution in [-0.4, -0.2) is 78.9 Å². The van der Waals surface area contributed by atoms with E-state index in [0.717, 1.165) is 5.56 Å². The number of halogens is 1. The lowest BCUT2D eigenvalue weighted by molar-refractivity contribution is 0.0932. The van der Waals surface area contributed by atoms with E-state index in [1.165, 1.54) is 16.6 Å². The SMILES string of the molecule is COc1ccccc1CNNC(=O)c1ccc2[nH]c(O)c(-c3ccc(S(=O)(=O)N4CCN(C)CC4)cn3)c2c1.Cl. The van der Waals surface area contributed by atoms with Crippen LogP contribution in [0, 0.1) is 0 Å². The highest BCUT2D eigenvalue weighted by Gasteiger charge is 2.28. The van der Waals surface area contributed by atoms with E-state index in [1.807, 2.05) is 31.3 Å². The van der Waals surface area contributed by atoms with Crippen molar-refractivity contribution in [2.24, 2.45) is 0 Å². The van der Waals surface area contributed by atoms with E-state index in [4.69, 9.17) is 4.74 Å². The molecule has 2 aromatic heterocycles. The Morgan fingerprint density at radius 2 is 1.85 bits per heavy atom. The number of aromatic amines is 1. The Kier molecular flexibility index (Phi) is 8.96. The zero-order chi connectivity index (χ0) is 27.6. The van der Waals surface area contributed by atoms with Crippen molar-refractivity contribution in [1.29, 1.82) is 0 Å². The first-order valence-electron chi connectivity index (χ1n) is 12.4. The number of rotatable bonds is 8. The zero-order valence-electron chi connectivity index (χ0n) is 22.0. The van der Waals surface area contributed by atoms with E-state index < -0.39 is 10.0 Å². The quantitative estimate of drug-likeness (QED) is 0.231. The van der Waals surface area contributed by atoms with Gasteiger partial charge in [0.05, 0.1) is 18.4 Å². The van der Waals surface area contributed by atoms with E-state index in [9.17, 15) is 18.3 Å². The van der Waals surface area contributed by atoms with Gasteiger partial charge in [0.2, 0.25) is 10.0 Å². The highest BCUT2D eigenvalue weighted by molar-refractivity contribution is 7.89. The molecule has 3 heterocycles. The van der Waals surface area contributed by atoms with E-state index in [-0.39, 0.29) is 29.1 Å². The average molecular weight is 587 g/mol. The summed E-state index contributed by atoms with van der Waals surface area (Å²) in [6.07, 6.45) is 1.31. The molecule has 0 saturated carbocycles. The number of hydrogen-bond donors (Lipinski definition) is 4. The highest BCUT2D eigenvalue weighted by atomic mass is 35.5. The molecule has 13 heteroatoms. The number of sulfonamides is 1. The van der Waals surface area contributed by atoms with Crippen molar-refractivity contribution in [2.75, 3.05) is 40.3 Å². The van der Waals surface area contributed by atoms with Crippen LogP contribution in [0.1, 0.15) is 15.9 Å². The molecule has 1 fully saturated rings. The first-order valence-corrected chi connectivity index (χ1v) is 13.9. The molecule has 5 rings (SSSR count). The number of nitrogens with zero attached hydrogens (tertiary/aromatic N) is 3. The minimum Gasteiger partial charge on any atom is -0.496 e. The number of H-pyrrole nitrogens is 1. The number of likely N-dealkylation sites (N-methyl/N-ethyl adjacent to an activating group) is 1. The maximum atomic E-state index is 13.1. The predicted octanol–water partition coefficient (Wildman–Crippen LogP) is 2.74. The van der Waals surface area contributed by atoms with Crippen LogP contribution in [-0.2, 0) is 16.6 Å². The summed E-state index contributed by atoms with van der Waals surface area (Å²) in [6, 6.07) is 15.5. The van der Waals surface area contributed by atoms with Gasteiger partial charge in [-0.1, -0.05) is 18.2 Å². The average Bonchev–Trinajstić information content (AvgIpc) is 3.28. The molecule has 1 aliphatic rings. The Morgan fingerprint density at radius 1 is 1.10 bits per heavy atom. The fourth-order valence-electron chi connectivity index (χ4n) is 4.58. The van der Waals surface area contributed by atoms with Crippen molar-refractivity contribution in [3.8, 4) is 22.9 Å². The van der Waals surface area contributed by atoms with Crippen LogP contribution in [0.4, 0.5) is 0 Å². The van der Waals surface area contributed by atoms with E-state index in [1.54, 1.807) is 31.4 Å². The molecule has 0 atom stereocenters. The Balaban J connectivity index is 0.00000370. The number of aromatic nitrogens is 2. The fraction of sp³-hybridized carbons (Fsp3) is 0.259. The smallest absolute Gasteiger partial charge is 0.265 e. The number of fused-ring (bicyclic) bond motifs is 1. The minimum absolute atomic E-state index is 0. The van der Waals surface area contributed by atoms with Crippen LogP contribution >= 0.6 is 12.4 Å². The molecule has 1 amide bonds. The van der Waals surface area contributed by atoms with Gasteiger partial charge in [-0.2, -0.15) is 4.31 Å². The van der Waals surface area contributed by atoms with Crippen molar-refractivity contribution in [3.63, 3.8) is 0 Å². The molecule has 0 spiro atoms. The number of ether oxygens (including phenoxy) is 1. The minimum atomic E-state index is -3.67. The van der Waals surface area contributed by atoms with Crippen LogP contribution in [0.5, 0.6) is 11.6 Å². The first kappa shape index (κ1) is 29.3. The number of methoxy groups -OCH3 is 1. The summed E-state index contributed by atoms with van der Waals surface area (Å²) in [5, 5.41) is 11.2. The standard InChI is InChI=1S/C27H30N6O5S.ClH/c1-32-11-13-33(14-12-32)39(36,37)20-8-10-23(28-17-20)25-21-15-18(7-9-22(21)30-27(25)35)26(34)31-29-16-19-5-3-4-6-24(19)38-2;/h3-10,15,17,29-30,35H,11-14,16H2,1-2H3,(H,31,34);1H. The van der Waals surface area contributed by atoms with Crippen LogP contribution < -0.4 is 15.6 Å². The predicted molar refractivity (Wildman–Crippen MR) is 154 cm³/mol. The van der Waals surface area contributed by atoms with Gasteiger partial charge in [0.25, 0.3) is 5.91 Å². The summed E-state index contributed by atoms with van der Waals surface area (Å²) in [5.74, 6) is 0.224. The molecule has 40 heavy (non-hydrogen) atoms. The number of hydrazine groups is 1. The van der Waals surface area contributed by atoms with Gasteiger partial charge in [0, 0.05) is 61.0 Å². The Morgan fingerprint density at radius 3 is 2.55 bits per heavy atom. The summed E-state index contributed by atoms with van der Waals surface area (Å²) in [7, 11) is -0.120. The van der Waals surface area contributed by atoms with Gasteiger partial charge in [-0.25, -0.2) is 13.8 Å². The number of para-hydroxylation sites is 1. The molecule has 2 aromatic carbocycles. The van der Waals surface area contributed by atoms with Crippen molar-refractivity contribution in [1.82, 2.24) is 30.0 Å². The van der Waals surface area contributed by atoms with Gasteiger partial charge < -0.3 is 19.7 Å². The molecule has 4 aromatic rings. The van der Waals surface area contributed by atoms with Crippen LogP contribution in [0.2, 0.25) is 0 Å². The normalized spacial score (nSPS) is 14.6. The third-order valence-electron chi connectivity index (χ3n) is 6.81. The third kappa shape index (κ3) is 5.91. The molecule has 0 aliphatic carbocycles. The maximum Gasteiger partial charge on any atom is 0.265 e. The van der Waals surface area contributed by atoms with Gasteiger partial charge in [0.15, 0.2) is 5.88 Å². The van der Waals surface area contributed by atoms with Crippen molar-refractivity contribution < 1.29 is 23.1 Å². The molecule has 0 bridgehead atoms. The Hall–Kier alpha value is -3.68. The molecule has 0 unspecified atom stereocenters. The largest absolute Gasteiger partial charge is 0.496 e. The number of nitrogens with one attached hydrogen (secondary N) is 3. The van der Waals surface area contributed by atoms with Gasteiger partial charge in [-0.3, -0.25) is 15.2 Å². The number of piperazine rings is 1. The second-order valence-electron chi connectivity index (χ2n) is 9.31. The number of carbonyl (C=O) groups excluding carboxylic acids is 1. The number of amides is 1. The number of aromatic hydroxyl groups is 1. The van der Waals surface area contributed by atoms with Crippen LogP contribution in [0.15, 0.2) is 65.7 Å². The van der Waals surface area contributed by atoms with E-state index in [0.29, 0.717) is 66.2 Å². The van der Waals surface area contributed by atoms with Crippen molar-refractivity contribution in [2.45, 2.75) is 11.4 Å². The first-order chi connectivity index (χ1) is 18.8. The number of hydrogen-bond acceptors (Lipinski definition) is 8. The van der Waals surface area contributed by atoms with Gasteiger partial charge in [-0.15, -0.1) is 12.4 Å². The zero-order valence-corrected chi connectivity index (χ0v) is 23.7. The lowest BCUT2D eigenvalue weighted by atomic mass is 10.1. The number of benzene rings is 2. The lowest BCUT2D eigenvalue weighted by Crippen LogP contribution is -2.47. The number of pyridine rings is 1. The molecule has 212 valence electrons. The van der Waals surface area contributed by atoms with Gasteiger partial charge >= 0.3 is 0 Å². The third-order valence-corrected chi connectivity index (χ3v) is 8.69. The summed E-state index contributed by atoms with van der Waals surface area (Å²) in [4.78, 5) is 22.3. The molecule has 1 aliphatic heterocycles. The fourth-order valence-corrected chi connectivity index (χ4v) is 5.95. The summed E-state index contributed by atoms with van der Waals surface area (Å²) in [5.41, 5.74) is 8.21. The van der Waals surface area contributed by atoms with Crippen LogP contribution in [0.3, 0.4) is 0 Å². The van der Waals surface area contributed by atoms with Crippen molar-refractivity contribution in [3.05, 3.63) is 71.9 Å². The topological polar surface area (TPSA) is 140 Å². The summed E-state index contributed by atoms with van der Waals surface area (Å²) in [6.45, 7) is 2.53. The van der Waals surface area contributed by atoms with Gasteiger partial charge in [0.1, 0.15) is 10.6 Å². The molecule has 4 N–H and O–H groups in total. The van der Waals surface area contributed by atoms with Gasteiger partial charge in [-0.05, 0) is 43.4 Å².